The normalized spacial score (nSPS) is 10.7. The molecule has 1 amide bonds. The molecule has 0 radical (unpaired) electrons. The van der Waals surface area contributed by atoms with Gasteiger partial charge in [-0.15, -0.1) is 0 Å². The van der Waals surface area contributed by atoms with Gasteiger partial charge in [-0.1, -0.05) is 12.1 Å². The van der Waals surface area contributed by atoms with Crippen LogP contribution in [0.2, 0.25) is 0 Å². The minimum Gasteiger partial charge on any atom is -0.319 e. The van der Waals surface area contributed by atoms with Crippen LogP contribution in [0.15, 0.2) is 41.3 Å². The van der Waals surface area contributed by atoms with Gasteiger partial charge >= 0.3 is 0 Å². The van der Waals surface area contributed by atoms with E-state index in [0.717, 1.165) is 15.6 Å². The van der Waals surface area contributed by atoms with Gasteiger partial charge in [0.1, 0.15) is 5.69 Å². The van der Waals surface area contributed by atoms with E-state index in [9.17, 15) is 9.59 Å². The predicted molar refractivity (Wildman–Crippen MR) is 73.5 cm³/mol. The summed E-state index contributed by atoms with van der Waals surface area (Å²) in [5, 5.41) is 14.3. The van der Waals surface area contributed by atoms with Crippen LogP contribution in [0.1, 0.15) is 10.5 Å². The Morgan fingerprint density at radius 2 is 2.15 bits per heavy atom. The van der Waals surface area contributed by atoms with Gasteiger partial charge in [-0.2, -0.15) is 10.2 Å². The number of nitrogens with zero attached hydrogens (tertiary/aromatic N) is 3. The van der Waals surface area contributed by atoms with Gasteiger partial charge in [0.15, 0.2) is 0 Å². The van der Waals surface area contributed by atoms with Crippen LogP contribution in [0, 0.1) is 0 Å². The van der Waals surface area contributed by atoms with E-state index in [2.05, 4.69) is 20.6 Å². The number of carbonyl (C=O) groups excluding carboxylic acids is 1. The first-order valence-electron chi connectivity index (χ1n) is 5.93. The lowest BCUT2D eigenvalue weighted by Gasteiger charge is -2.06. The lowest BCUT2D eigenvalue weighted by Crippen LogP contribution is -2.23. The second kappa shape index (κ2) is 4.61. The van der Waals surface area contributed by atoms with Crippen LogP contribution < -0.4 is 10.9 Å². The Bertz CT molecular complexity index is 849. The largest absolute Gasteiger partial charge is 0.319 e. The molecule has 3 rings (SSSR count). The Balaban J connectivity index is 1.94. The number of fused-ring (bicyclic) bond motifs is 1. The van der Waals surface area contributed by atoms with E-state index in [0.29, 0.717) is 5.69 Å². The van der Waals surface area contributed by atoms with E-state index in [4.69, 9.17) is 0 Å². The summed E-state index contributed by atoms with van der Waals surface area (Å²) in [7, 11) is 1.49. The molecule has 0 spiro atoms. The van der Waals surface area contributed by atoms with Crippen molar-refractivity contribution in [2.24, 2.45) is 7.05 Å². The number of hydrogen-bond donors (Lipinski definition) is 2. The van der Waals surface area contributed by atoms with Crippen LogP contribution in [0.4, 0.5) is 5.69 Å². The summed E-state index contributed by atoms with van der Waals surface area (Å²) in [6.45, 7) is 0. The maximum absolute atomic E-state index is 12.1. The molecule has 3 aromatic rings. The summed E-state index contributed by atoms with van der Waals surface area (Å²) >= 11 is 0. The van der Waals surface area contributed by atoms with E-state index < -0.39 is 0 Å². The SMILES string of the molecule is Cn1nc(C(=O)Nc2cccc3cn[nH]c23)ccc1=O. The predicted octanol–water partition coefficient (Wildman–Crippen LogP) is 0.909. The first kappa shape index (κ1) is 12.1. The number of anilines is 1. The van der Waals surface area contributed by atoms with Crippen molar-refractivity contribution in [3.05, 3.63) is 52.6 Å². The maximum atomic E-state index is 12.1. The Morgan fingerprint density at radius 3 is 2.95 bits per heavy atom. The summed E-state index contributed by atoms with van der Waals surface area (Å²) < 4.78 is 1.12. The van der Waals surface area contributed by atoms with Crippen molar-refractivity contribution < 1.29 is 4.79 Å². The number of aromatic amines is 1. The zero-order valence-corrected chi connectivity index (χ0v) is 10.6. The van der Waals surface area contributed by atoms with E-state index in [1.807, 2.05) is 12.1 Å². The first-order valence-corrected chi connectivity index (χ1v) is 5.93. The van der Waals surface area contributed by atoms with E-state index in [1.54, 1.807) is 12.3 Å². The van der Waals surface area contributed by atoms with Crippen molar-refractivity contribution in [2.45, 2.75) is 0 Å². The molecule has 7 nitrogen and oxygen atoms in total. The van der Waals surface area contributed by atoms with E-state index in [-0.39, 0.29) is 17.2 Å². The Hall–Kier alpha value is -2.96. The molecule has 0 saturated carbocycles. The Labute approximate surface area is 113 Å². The van der Waals surface area contributed by atoms with Gasteiger partial charge in [0.25, 0.3) is 11.5 Å². The van der Waals surface area contributed by atoms with Gasteiger partial charge in [0.05, 0.1) is 17.4 Å². The number of aromatic nitrogens is 4. The van der Waals surface area contributed by atoms with E-state index in [1.165, 1.54) is 19.2 Å². The minimum atomic E-state index is -0.386. The third-order valence-electron chi connectivity index (χ3n) is 2.92. The molecule has 2 heterocycles. The third-order valence-corrected chi connectivity index (χ3v) is 2.92. The minimum absolute atomic E-state index is 0.170. The number of amides is 1. The third kappa shape index (κ3) is 2.05. The lowest BCUT2D eigenvalue weighted by molar-refractivity contribution is 0.102. The molecule has 7 heteroatoms. The van der Waals surface area contributed by atoms with Gasteiger partial charge in [-0.3, -0.25) is 14.7 Å². The summed E-state index contributed by atoms with van der Waals surface area (Å²) in [6, 6.07) is 8.17. The summed E-state index contributed by atoms with van der Waals surface area (Å²) in [6.07, 6.45) is 1.68. The second-order valence-electron chi connectivity index (χ2n) is 4.27. The highest BCUT2D eigenvalue weighted by Crippen LogP contribution is 2.20. The van der Waals surface area contributed by atoms with E-state index >= 15 is 0 Å². The van der Waals surface area contributed by atoms with Gasteiger partial charge in [0.2, 0.25) is 0 Å². The molecule has 20 heavy (non-hydrogen) atoms. The van der Waals surface area contributed by atoms with Gasteiger partial charge in [-0.05, 0) is 12.1 Å². The van der Waals surface area contributed by atoms with Crippen LogP contribution in [-0.2, 0) is 7.05 Å². The highest BCUT2D eigenvalue weighted by atomic mass is 16.2. The number of H-pyrrole nitrogens is 1. The van der Waals surface area contributed by atoms with Crippen LogP contribution in [-0.4, -0.2) is 25.9 Å². The number of aryl methyl sites for hydroxylation is 1. The zero-order valence-electron chi connectivity index (χ0n) is 10.6. The molecule has 0 aliphatic carbocycles. The monoisotopic (exact) mass is 269 g/mol. The summed E-state index contributed by atoms with van der Waals surface area (Å²) in [5.41, 5.74) is 1.26. The molecule has 100 valence electrons. The molecular weight excluding hydrogens is 258 g/mol. The Morgan fingerprint density at radius 1 is 1.30 bits per heavy atom. The molecule has 0 atom stereocenters. The number of para-hydroxylation sites is 1. The number of nitrogens with one attached hydrogen (secondary N) is 2. The number of benzene rings is 1. The fourth-order valence-electron chi connectivity index (χ4n) is 1.88. The van der Waals surface area contributed by atoms with Gasteiger partial charge in [0, 0.05) is 18.5 Å². The molecule has 0 unspecified atom stereocenters. The van der Waals surface area contributed by atoms with Crippen molar-refractivity contribution in [1.82, 2.24) is 20.0 Å². The molecule has 0 aliphatic rings. The van der Waals surface area contributed by atoms with Gasteiger partial charge < -0.3 is 5.32 Å². The topological polar surface area (TPSA) is 92.7 Å². The molecule has 1 aromatic carbocycles. The molecule has 0 aliphatic heterocycles. The second-order valence-corrected chi connectivity index (χ2v) is 4.27. The number of carbonyl (C=O) groups is 1. The molecule has 0 saturated heterocycles. The molecular formula is C13H11N5O2. The number of hydrogen-bond acceptors (Lipinski definition) is 4. The highest BCUT2D eigenvalue weighted by molar-refractivity contribution is 6.07. The van der Waals surface area contributed by atoms with Crippen molar-refractivity contribution in [1.29, 1.82) is 0 Å². The average molecular weight is 269 g/mol. The quantitative estimate of drug-likeness (QED) is 0.723. The van der Waals surface area contributed by atoms with Crippen LogP contribution in [0.3, 0.4) is 0 Å². The van der Waals surface area contributed by atoms with Crippen LogP contribution >= 0.6 is 0 Å². The summed E-state index contributed by atoms with van der Waals surface area (Å²) in [5.74, 6) is -0.386. The maximum Gasteiger partial charge on any atom is 0.276 e. The number of rotatable bonds is 2. The van der Waals surface area contributed by atoms with Crippen LogP contribution in [0.25, 0.3) is 10.9 Å². The van der Waals surface area contributed by atoms with Crippen molar-refractivity contribution >= 4 is 22.5 Å². The highest BCUT2D eigenvalue weighted by Gasteiger charge is 2.11. The molecule has 2 N–H and O–H groups in total. The molecule has 0 fully saturated rings. The smallest absolute Gasteiger partial charge is 0.276 e. The van der Waals surface area contributed by atoms with Crippen LogP contribution in [0.5, 0.6) is 0 Å². The van der Waals surface area contributed by atoms with Gasteiger partial charge in [-0.25, -0.2) is 4.68 Å². The molecule has 0 bridgehead atoms. The summed E-state index contributed by atoms with van der Waals surface area (Å²) in [4.78, 5) is 23.4. The van der Waals surface area contributed by atoms with Crippen molar-refractivity contribution in [2.75, 3.05) is 5.32 Å². The standard InChI is InChI=1S/C13H11N5O2/c1-18-11(19)6-5-10(17-18)13(20)15-9-4-2-3-8-7-14-16-12(8)9/h2-7H,1H3,(H,14,16)(H,15,20). The van der Waals surface area contributed by atoms with Crippen molar-refractivity contribution in [3.63, 3.8) is 0 Å². The Kier molecular flexibility index (Phi) is 2.79. The first-order chi connectivity index (χ1) is 9.65. The fraction of sp³-hybridized carbons (Fsp3) is 0.0769. The lowest BCUT2D eigenvalue weighted by atomic mass is 10.2. The van der Waals surface area contributed by atoms with Crippen molar-refractivity contribution in [3.8, 4) is 0 Å². The zero-order chi connectivity index (χ0) is 14.1. The average Bonchev–Trinajstić information content (AvgIpc) is 2.91. The fourth-order valence-corrected chi connectivity index (χ4v) is 1.88. The molecule has 2 aromatic heterocycles.